The second-order valence-electron chi connectivity index (χ2n) is 7.90. The summed E-state index contributed by atoms with van der Waals surface area (Å²) >= 11 is 0. The SMILES string of the molecule is CCC1CCC2(C/C(=C(/C#N)C(=O)OC)CCO2)CC(C)(C)C1. The number of ether oxygens (including phenoxy) is 2. The first kappa shape index (κ1) is 18.0. The molecule has 0 bridgehead atoms. The van der Waals surface area contributed by atoms with E-state index in [1.165, 1.54) is 20.0 Å². The third-order valence-electron chi connectivity index (χ3n) is 5.43. The average molecular weight is 319 g/mol. The molecule has 0 radical (unpaired) electrons. The van der Waals surface area contributed by atoms with Gasteiger partial charge in [-0.25, -0.2) is 4.79 Å². The lowest BCUT2D eigenvalue weighted by Gasteiger charge is -2.42. The molecule has 0 aromatic carbocycles. The number of esters is 1. The summed E-state index contributed by atoms with van der Waals surface area (Å²) in [6.45, 7) is 7.48. The molecule has 128 valence electrons. The number of hydrogen-bond donors (Lipinski definition) is 0. The molecule has 2 unspecified atom stereocenters. The summed E-state index contributed by atoms with van der Waals surface area (Å²) < 4.78 is 11.0. The molecule has 4 nitrogen and oxygen atoms in total. The Bertz CT molecular complexity index is 529. The van der Waals surface area contributed by atoms with Gasteiger partial charge in [0.15, 0.2) is 0 Å². The normalized spacial score (nSPS) is 32.7. The van der Waals surface area contributed by atoms with Gasteiger partial charge in [0, 0.05) is 0 Å². The van der Waals surface area contributed by atoms with E-state index in [4.69, 9.17) is 9.47 Å². The van der Waals surface area contributed by atoms with Crippen LogP contribution < -0.4 is 0 Å². The van der Waals surface area contributed by atoms with Crippen molar-refractivity contribution in [1.29, 1.82) is 5.26 Å². The smallest absolute Gasteiger partial charge is 0.348 e. The minimum atomic E-state index is -0.515. The second-order valence-corrected chi connectivity index (χ2v) is 7.90. The predicted octanol–water partition coefficient (Wildman–Crippen LogP) is 4.16. The Balaban J connectivity index is 2.30. The maximum Gasteiger partial charge on any atom is 0.348 e. The van der Waals surface area contributed by atoms with Gasteiger partial charge in [-0.05, 0) is 55.4 Å². The Morgan fingerprint density at radius 2 is 2.22 bits per heavy atom. The number of rotatable bonds is 2. The van der Waals surface area contributed by atoms with Crippen molar-refractivity contribution in [3.8, 4) is 6.07 Å². The third kappa shape index (κ3) is 4.14. The molecule has 23 heavy (non-hydrogen) atoms. The van der Waals surface area contributed by atoms with Gasteiger partial charge >= 0.3 is 5.97 Å². The molecule has 1 aliphatic heterocycles. The summed E-state index contributed by atoms with van der Waals surface area (Å²) in [5.74, 6) is 0.220. The first-order valence-electron chi connectivity index (χ1n) is 8.69. The quantitative estimate of drug-likeness (QED) is 0.436. The minimum Gasteiger partial charge on any atom is -0.465 e. The van der Waals surface area contributed by atoms with E-state index in [9.17, 15) is 10.1 Å². The van der Waals surface area contributed by atoms with E-state index in [0.29, 0.717) is 19.4 Å². The van der Waals surface area contributed by atoms with Gasteiger partial charge in [0.25, 0.3) is 0 Å². The zero-order valence-electron chi connectivity index (χ0n) is 14.9. The molecule has 2 aliphatic rings. The summed E-state index contributed by atoms with van der Waals surface area (Å²) in [4.78, 5) is 11.9. The zero-order chi connectivity index (χ0) is 17.1. The maximum atomic E-state index is 11.9. The fourth-order valence-corrected chi connectivity index (χ4v) is 4.51. The number of hydrogen-bond acceptors (Lipinski definition) is 4. The molecule has 0 N–H and O–H groups in total. The summed E-state index contributed by atoms with van der Waals surface area (Å²) in [5.41, 5.74) is 1.09. The van der Waals surface area contributed by atoms with Gasteiger partial charge in [-0.1, -0.05) is 27.2 Å². The molecule has 2 atom stereocenters. The van der Waals surface area contributed by atoms with Crippen molar-refractivity contribution in [1.82, 2.24) is 0 Å². The predicted molar refractivity (Wildman–Crippen MR) is 88.6 cm³/mol. The molecule has 0 amide bonds. The van der Waals surface area contributed by atoms with Crippen molar-refractivity contribution >= 4 is 5.97 Å². The van der Waals surface area contributed by atoms with Crippen LogP contribution in [0.15, 0.2) is 11.1 Å². The molecule has 1 aliphatic carbocycles. The fraction of sp³-hybridized carbons (Fsp3) is 0.789. The van der Waals surface area contributed by atoms with Crippen molar-refractivity contribution < 1.29 is 14.3 Å². The van der Waals surface area contributed by atoms with Crippen LogP contribution in [0, 0.1) is 22.7 Å². The first-order valence-corrected chi connectivity index (χ1v) is 8.69. The monoisotopic (exact) mass is 319 g/mol. The van der Waals surface area contributed by atoms with E-state index in [-0.39, 0.29) is 16.6 Å². The van der Waals surface area contributed by atoms with Gasteiger partial charge in [-0.2, -0.15) is 5.26 Å². The molecule has 1 saturated carbocycles. The highest BCUT2D eigenvalue weighted by Crippen LogP contribution is 2.48. The van der Waals surface area contributed by atoms with E-state index in [1.807, 2.05) is 0 Å². The Morgan fingerprint density at radius 3 is 2.83 bits per heavy atom. The summed E-state index contributed by atoms with van der Waals surface area (Å²) in [5, 5.41) is 9.36. The van der Waals surface area contributed by atoms with Crippen LogP contribution in [-0.2, 0) is 14.3 Å². The van der Waals surface area contributed by atoms with Crippen molar-refractivity contribution in [2.24, 2.45) is 11.3 Å². The molecule has 0 aromatic heterocycles. The molecule has 1 saturated heterocycles. The molecule has 2 rings (SSSR count). The van der Waals surface area contributed by atoms with Crippen LogP contribution in [0.25, 0.3) is 0 Å². The minimum absolute atomic E-state index is 0.185. The van der Waals surface area contributed by atoms with E-state index < -0.39 is 5.97 Å². The van der Waals surface area contributed by atoms with E-state index in [1.54, 1.807) is 0 Å². The number of methoxy groups -OCH3 is 1. The molecule has 1 spiro atoms. The van der Waals surface area contributed by atoms with Crippen molar-refractivity contribution in [2.75, 3.05) is 13.7 Å². The standard InChI is InChI=1S/C19H29NO3/c1-5-14-6-8-19(13-18(2,3)10-14)11-15(7-9-23-19)16(12-20)17(21)22-4/h14H,5-11,13H2,1-4H3/b16-15-. The Morgan fingerprint density at radius 1 is 1.48 bits per heavy atom. The van der Waals surface area contributed by atoms with E-state index in [2.05, 4.69) is 26.8 Å². The topological polar surface area (TPSA) is 59.3 Å². The van der Waals surface area contributed by atoms with Crippen LogP contribution in [0.5, 0.6) is 0 Å². The van der Waals surface area contributed by atoms with Gasteiger partial charge in [0.2, 0.25) is 0 Å². The van der Waals surface area contributed by atoms with Crippen molar-refractivity contribution in [3.63, 3.8) is 0 Å². The van der Waals surface area contributed by atoms with Gasteiger partial charge in [0.05, 0.1) is 19.3 Å². The third-order valence-corrected chi connectivity index (χ3v) is 5.43. The number of nitriles is 1. The Kier molecular flexibility index (Phi) is 5.52. The summed E-state index contributed by atoms with van der Waals surface area (Å²) in [6, 6.07) is 2.05. The lowest BCUT2D eigenvalue weighted by molar-refractivity contribution is -0.135. The highest BCUT2D eigenvalue weighted by Gasteiger charge is 2.44. The number of carbonyl (C=O) groups excluding carboxylic acids is 1. The van der Waals surface area contributed by atoms with Crippen molar-refractivity contribution in [2.45, 2.75) is 71.3 Å². The zero-order valence-corrected chi connectivity index (χ0v) is 14.9. The average Bonchev–Trinajstić information content (AvgIpc) is 2.63. The van der Waals surface area contributed by atoms with E-state index in [0.717, 1.165) is 30.8 Å². The van der Waals surface area contributed by atoms with Crippen LogP contribution in [0.1, 0.15) is 65.7 Å². The summed E-state index contributed by atoms with van der Waals surface area (Å²) in [7, 11) is 1.33. The number of nitrogens with zero attached hydrogens (tertiary/aromatic N) is 1. The first-order chi connectivity index (χ1) is 10.8. The molecule has 1 heterocycles. The molecular formula is C19H29NO3. The maximum absolute atomic E-state index is 11.9. The van der Waals surface area contributed by atoms with Crippen LogP contribution in [0.2, 0.25) is 0 Å². The van der Waals surface area contributed by atoms with Crippen LogP contribution in [0.4, 0.5) is 0 Å². The Labute approximate surface area is 139 Å². The van der Waals surface area contributed by atoms with Crippen LogP contribution in [0.3, 0.4) is 0 Å². The van der Waals surface area contributed by atoms with Gasteiger partial charge in [-0.3, -0.25) is 0 Å². The van der Waals surface area contributed by atoms with Crippen LogP contribution >= 0.6 is 0 Å². The lowest BCUT2D eigenvalue weighted by atomic mass is 9.74. The van der Waals surface area contributed by atoms with Gasteiger partial charge < -0.3 is 9.47 Å². The molecule has 0 aromatic rings. The van der Waals surface area contributed by atoms with Crippen LogP contribution in [-0.4, -0.2) is 25.3 Å². The molecular weight excluding hydrogens is 290 g/mol. The summed E-state index contributed by atoms with van der Waals surface area (Å²) in [6.07, 6.45) is 6.91. The second kappa shape index (κ2) is 7.05. The largest absolute Gasteiger partial charge is 0.465 e. The Hall–Kier alpha value is -1.34. The molecule has 2 fully saturated rings. The van der Waals surface area contributed by atoms with Crippen molar-refractivity contribution in [3.05, 3.63) is 11.1 Å². The highest BCUT2D eigenvalue weighted by atomic mass is 16.5. The highest BCUT2D eigenvalue weighted by molar-refractivity contribution is 5.93. The van der Waals surface area contributed by atoms with Gasteiger partial charge in [0.1, 0.15) is 11.6 Å². The fourth-order valence-electron chi connectivity index (χ4n) is 4.51. The molecule has 4 heteroatoms. The number of carbonyl (C=O) groups is 1. The van der Waals surface area contributed by atoms with Gasteiger partial charge in [-0.15, -0.1) is 0 Å². The lowest BCUT2D eigenvalue weighted by Crippen LogP contribution is -2.40. The van der Waals surface area contributed by atoms with E-state index >= 15 is 0 Å².